The molecule has 0 radical (unpaired) electrons. The van der Waals surface area contributed by atoms with Crippen LogP contribution in [-0.4, -0.2) is 38.0 Å². The van der Waals surface area contributed by atoms with Crippen molar-refractivity contribution < 1.29 is 19.2 Å². The third kappa shape index (κ3) is 2.53. The van der Waals surface area contributed by atoms with Crippen LogP contribution < -0.4 is 0 Å². The Morgan fingerprint density at radius 3 is 2.15 bits per heavy atom. The zero-order valence-electron chi connectivity index (χ0n) is 13.6. The van der Waals surface area contributed by atoms with E-state index in [0.717, 1.165) is 0 Å². The Morgan fingerprint density at radius 2 is 1.62 bits per heavy atom. The zero-order valence-corrected chi connectivity index (χ0v) is 13.6. The molecule has 8 heteroatoms. The summed E-state index contributed by atoms with van der Waals surface area (Å²) in [6, 6.07) is 12.6. The number of aromatic amines is 1. The molecule has 3 aromatic rings. The first kappa shape index (κ1) is 15.7. The molecule has 0 atom stereocenters. The number of H-pyrrole nitrogens is 1. The van der Waals surface area contributed by atoms with E-state index in [1.807, 2.05) is 0 Å². The summed E-state index contributed by atoms with van der Waals surface area (Å²) in [5.74, 6) is -0.951. The number of hydrogen-bond acceptors (Lipinski definition) is 6. The molecule has 2 aromatic carbocycles. The lowest BCUT2D eigenvalue weighted by Crippen LogP contribution is -2.32. The van der Waals surface area contributed by atoms with Crippen LogP contribution in [0.5, 0.6) is 0 Å². The smallest absolute Gasteiger partial charge is 0.324 e. The predicted molar refractivity (Wildman–Crippen MR) is 88.9 cm³/mol. The Bertz CT molecular complexity index is 1000. The van der Waals surface area contributed by atoms with Gasteiger partial charge in [0.2, 0.25) is 0 Å². The normalized spacial score (nSPS) is 13.0. The van der Waals surface area contributed by atoms with Gasteiger partial charge >= 0.3 is 5.97 Å². The van der Waals surface area contributed by atoms with Crippen molar-refractivity contribution in [3.05, 3.63) is 71.0 Å². The van der Waals surface area contributed by atoms with E-state index >= 15 is 0 Å². The van der Waals surface area contributed by atoms with Crippen molar-refractivity contribution in [2.45, 2.75) is 6.92 Å². The molecule has 1 aromatic heterocycles. The Balaban J connectivity index is 1.52. The maximum absolute atomic E-state index is 12.3. The van der Waals surface area contributed by atoms with E-state index < -0.39 is 17.8 Å². The number of carbonyl (C=O) groups excluding carboxylic acids is 3. The molecule has 0 bridgehead atoms. The first-order chi connectivity index (χ1) is 12.5. The van der Waals surface area contributed by atoms with E-state index in [0.29, 0.717) is 22.3 Å². The lowest BCUT2D eigenvalue weighted by Gasteiger charge is -2.12. The minimum atomic E-state index is -0.808. The van der Waals surface area contributed by atoms with Crippen LogP contribution in [0.2, 0.25) is 0 Å². The van der Waals surface area contributed by atoms with Crippen LogP contribution in [0.25, 0.3) is 11.4 Å². The molecule has 4 rings (SSSR count). The summed E-state index contributed by atoms with van der Waals surface area (Å²) < 4.78 is 0. The van der Waals surface area contributed by atoms with E-state index in [9.17, 15) is 14.4 Å². The highest BCUT2D eigenvalue weighted by molar-refractivity contribution is 6.21. The Morgan fingerprint density at radius 1 is 1.00 bits per heavy atom. The largest absolute Gasteiger partial charge is 0.363 e. The predicted octanol–water partition coefficient (Wildman–Crippen LogP) is 2.15. The molecule has 26 heavy (non-hydrogen) atoms. The molecule has 1 aliphatic rings. The summed E-state index contributed by atoms with van der Waals surface area (Å²) in [5, 5.41) is 7.26. The summed E-state index contributed by atoms with van der Waals surface area (Å²) in [4.78, 5) is 45.9. The quantitative estimate of drug-likeness (QED) is 0.727. The van der Waals surface area contributed by atoms with Gasteiger partial charge in [0.1, 0.15) is 5.82 Å². The van der Waals surface area contributed by atoms with Crippen LogP contribution in [0.1, 0.15) is 36.9 Å². The SMILES string of the molecule is Cc1nc(-c2ccc(C(=O)ON3C(=O)c4ccccc4C3=O)cc2)n[nH]1. The van der Waals surface area contributed by atoms with E-state index in [4.69, 9.17) is 4.84 Å². The third-order valence-electron chi connectivity index (χ3n) is 3.91. The van der Waals surface area contributed by atoms with Crippen LogP contribution in [0.3, 0.4) is 0 Å². The Kier molecular flexibility index (Phi) is 3.58. The van der Waals surface area contributed by atoms with Crippen molar-refractivity contribution >= 4 is 17.8 Å². The average molecular weight is 348 g/mol. The number of amides is 2. The Labute approximate surface area is 147 Å². The molecule has 1 aliphatic heterocycles. The molecule has 2 heterocycles. The van der Waals surface area contributed by atoms with Gasteiger partial charge in [-0.15, -0.1) is 0 Å². The number of fused-ring (bicyclic) bond motifs is 1. The van der Waals surface area contributed by atoms with Crippen molar-refractivity contribution in [1.82, 2.24) is 20.2 Å². The second-order valence-corrected chi connectivity index (χ2v) is 5.65. The number of aromatic nitrogens is 3. The Hall–Kier alpha value is -3.81. The number of imide groups is 1. The van der Waals surface area contributed by atoms with E-state index in [-0.39, 0.29) is 16.7 Å². The highest BCUT2D eigenvalue weighted by Gasteiger charge is 2.38. The maximum Gasteiger partial charge on any atom is 0.363 e. The second kappa shape index (κ2) is 5.92. The number of nitrogens with zero attached hydrogens (tertiary/aromatic N) is 3. The van der Waals surface area contributed by atoms with Crippen LogP contribution >= 0.6 is 0 Å². The third-order valence-corrected chi connectivity index (χ3v) is 3.91. The summed E-state index contributed by atoms with van der Waals surface area (Å²) >= 11 is 0. The van der Waals surface area contributed by atoms with Crippen LogP contribution in [-0.2, 0) is 4.84 Å². The fourth-order valence-electron chi connectivity index (χ4n) is 2.61. The minimum absolute atomic E-state index is 0.192. The van der Waals surface area contributed by atoms with Crippen molar-refractivity contribution in [2.75, 3.05) is 0 Å². The number of nitrogens with one attached hydrogen (secondary N) is 1. The minimum Gasteiger partial charge on any atom is -0.324 e. The van der Waals surface area contributed by atoms with Crippen molar-refractivity contribution in [1.29, 1.82) is 0 Å². The molecule has 8 nitrogen and oxygen atoms in total. The standard InChI is InChI=1S/C18H12N4O4/c1-10-19-15(21-20-10)11-6-8-12(9-7-11)18(25)26-22-16(23)13-4-2-3-5-14(13)17(22)24/h2-9H,1H3,(H,19,20,21). The maximum atomic E-state index is 12.3. The number of rotatable bonds is 3. The van der Waals surface area contributed by atoms with Gasteiger partial charge < -0.3 is 4.84 Å². The van der Waals surface area contributed by atoms with Crippen molar-refractivity contribution in [3.63, 3.8) is 0 Å². The van der Waals surface area contributed by atoms with Crippen molar-refractivity contribution in [2.24, 2.45) is 0 Å². The molecule has 128 valence electrons. The lowest BCUT2D eigenvalue weighted by atomic mass is 10.1. The molecular weight excluding hydrogens is 336 g/mol. The number of hydroxylamine groups is 2. The fraction of sp³-hybridized carbons (Fsp3) is 0.0556. The highest BCUT2D eigenvalue weighted by Crippen LogP contribution is 2.23. The van der Waals surface area contributed by atoms with Crippen molar-refractivity contribution in [3.8, 4) is 11.4 Å². The first-order valence-electron chi connectivity index (χ1n) is 7.74. The van der Waals surface area contributed by atoms with E-state index in [1.165, 1.54) is 24.3 Å². The summed E-state index contributed by atoms with van der Waals surface area (Å²) in [5.41, 5.74) is 1.32. The number of benzene rings is 2. The average Bonchev–Trinajstić information content (AvgIpc) is 3.20. The molecule has 0 spiro atoms. The molecule has 0 saturated heterocycles. The molecular formula is C18H12N4O4. The topological polar surface area (TPSA) is 105 Å². The zero-order chi connectivity index (χ0) is 18.3. The van der Waals surface area contributed by atoms with Crippen LogP contribution in [0.15, 0.2) is 48.5 Å². The monoisotopic (exact) mass is 348 g/mol. The first-order valence-corrected chi connectivity index (χ1v) is 7.74. The number of aryl methyl sites for hydroxylation is 1. The molecule has 2 amide bonds. The van der Waals surface area contributed by atoms with Crippen LogP contribution in [0, 0.1) is 6.92 Å². The van der Waals surface area contributed by atoms with Gasteiger partial charge in [0.25, 0.3) is 11.8 Å². The van der Waals surface area contributed by atoms with Crippen LogP contribution in [0.4, 0.5) is 0 Å². The molecule has 0 unspecified atom stereocenters. The van der Waals surface area contributed by atoms with Gasteiger partial charge in [0.15, 0.2) is 5.82 Å². The number of carbonyl (C=O) groups is 3. The summed E-state index contributed by atoms with van der Waals surface area (Å²) in [6.45, 7) is 1.78. The summed E-state index contributed by atoms with van der Waals surface area (Å²) in [6.07, 6.45) is 0. The van der Waals surface area contributed by atoms with Gasteiger partial charge in [-0.1, -0.05) is 29.3 Å². The summed E-state index contributed by atoms with van der Waals surface area (Å²) in [7, 11) is 0. The molecule has 1 N–H and O–H groups in total. The molecule has 0 saturated carbocycles. The number of hydrogen-bond donors (Lipinski definition) is 1. The molecule has 0 fully saturated rings. The van der Waals surface area contributed by atoms with Gasteiger partial charge in [-0.05, 0) is 31.2 Å². The highest BCUT2D eigenvalue weighted by atomic mass is 16.7. The van der Waals surface area contributed by atoms with Gasteiger partial charge in [0, 0.05) is 5.56 Å². The van der Waals surface area contributed by atoms with Gasteiger partial charge in [-0.25, -0.2) is 9.78 Å². The molecule has 0 aliphatic carbocycles. The van der Waals surface area contributed by atoms with Gasteiger partial charge in [-0.3, -0.25) is 14.7 Å². The van der Waals surface area contributed by atoms with Gasteiger partial charge in [0.05, 0.1) is 16.7 Å². The van der Waals surface area contributed by atoms with E-state index in [1.54, 1.807) is 31.2 Å². The second-order valence-electron chi connectivity index (χ2n) is 5.65. The lowest BCUT2D eigenvalue weighted by molar-refractivity contribution is -0.0584. The fourth-order valence-corrected chi connectivity index (χ4v) is 2.61. The van der Waals surface area contributed by atoms with Gasteiger partial charge in [-0.2, -0.15) is 5.10 Å². The van der Waals surface area contributed by atoms with E-state index in [2.05, 4.69) is 15.2 Å².